The molecular formula is C13H24O4. The molecule has 1 unspecified atom stereocenters. The second-order valence-electron chi connectivity index (χ2n) is 5.22. The lowest BCUT2D eigenvalue weighted by atomic mass is 9.82. The van der Waals surface area contributed by atoms with Gasteiger partial charge in [-0.05, 0) is 33.6 Å². The van der Waals surface area contributed by atoms with Crippen molar-refractivity contribution >= 4 is 11.9 Å². The molecule has 0 saturated carbocycles. The molecule has 0 heterocycles. The van der Waals surface area contributed by atoms with E-state index in [2.05, 4.69) is 6.92 Å². The highest BCUT2D eigenvalue weighted by molar-refractivity contribution is 5.83. The van der Waals surface area contributed by atoms with Crippen LogP contribution in [0.25, 0.3) is 0 Å². The normalized spacial score (nSPS) is 15.1. The van der Waals surface area contributed by atoms with Crippen LogP contribution in [0.4, 0.5) is 0 Å². The Balaban J connectivity index is 4.71. The van der Waals surface area contributed by atoms with Crippen LogP contribution in [0, 0.1) is 5.41 Å². The number of carboxylic acid groups (broad SMARTS) is 1. The SMILES string of the molecule is CCCCC(C)(CC)C(=O)OC(C)(C)C(=O)O. The van der Waals surface area contributed by atoms with Crippen LogP contribution in [0.15, 0.2) is 0 Å². The van der Waals surface area contributed by atoms with Crippen molar-refractivity contribution in [3.8, 4) is 0 Å². The summed E-state index contributed by atoms with van der Waals surface area (Å²) in [5, 5.41) is 8.93. The van der Waals surface area contributed by atoms with Gasteiger partial charge in [0.15, 0.2) is 0 Å². The van der Waals surface area contributed by atoms with E-state index in [0.717, 1.165) is 19.3 Å². The van der Waals surface area contributed by atoms with Crippen LogP contribution in [-0.4, -0.2) is 22.6 Å². The summed E-state index contributed by atoms with van der Waals surface area (Å²) >= 11 is 0. The van der Waals surface area contributed by atoms with Crippen molar-refractivity contribution in [2.75, 3.05) is 0 Å². The van der Waals surface area contributed by atoms with Gasteiger partial charge in [-0.25, -0.2) is 4.79 Å². The summed E-state index contributed by atoms with van der Waals surface area (Å²) in [6.07, 6.45) is 3.33. The highest BCUT2D eigenvalue weighted by Crippen LogP contribution is 2.31. The number of carbonyl (C=O) groups is 2. The molecule has 17 heavy (non-hydrogen) atoms. The van der Waals surface area contributed by atoms with E-state index in [9.17, 15) is 9.59 Å². The lowest BCUT2D eigenvalue weighted by molar-refractivity contribution is -0.182. The Morgan fingerprint density at radius 2 is 1.71 bits per heavy atom. The molecule has 1 N–H and O–H groups in total. The van der Waals surface area contributed by atoms with E-state index in [1.807, 2.05) is 13.8 Å². The molecule has 100 valence electrons. The molecule has 0 fully saturated rings. The number of unbranched alkanes of at least 4 members (excludes halogenated alkanes) is 1. The van der Waals surface area contributed by atoms with Gasteiger partial charge in [0.1, 0.15) is 0 Å². The first-order valence-corrected chi connectivity index (χ1v) is 6.16. The Hall–Kier alpha value is -1.06. The number of ether oxygens (including phenoxy) is 1. The van der Waals surface area contributed by atoms with Crippen LogP contribution >= 0.6 is 0 Å². The third-order valence-corrected chi connectivity index (χ3v) is 3.22. The molecule has 4 nitrogen and oxygen atoms in total. The predicted octanol–water partition coefficient (Wildman–Crippen LogP) is 3.00. The van der Waals surface area contributed by atoms with E-state index in [4.69, 9.17) is 9.84 Å². The van der Waals surface area contributed by atoms with Crippen molar-refractivity contribution < 1.29 is 19.4 Å². The smallest absolute Gasteiger partial charge is 0.347 e. The second kappa shape index (κ2) is 6.03. The van der Waals surface area contributed by atoms with E-state index in [0.29, 0.717) is 6.42 Å². The lowest BCUT2D eigenvalue weighted by Crippen LogP contribution is -2.42. The zero-order valence-corrected chi connectivity index (χ0v) is 11.5. The molecule has 0 saturated heterocycles. The van der Waals surface area contributed by atoms with Crippen LogP contribution in [-0.2, 0) is 14.3 Å². The highest BCUT2D eigenvalue weighted by Gasteiger charge is 2.39. The molecule has 0 bridgehead atoms. The minimum absolute atomic E-state index is 0.416. The first-order chi connectivity index (χ1) is 7.69. The second-order valence-corrected chi connectivity index (χ2v) is 5.22. The van der Waals surface area contributed by atoms with E-state index >= 15 is 0 Å². The van der Waals surface area contributed by atoms with E-state index in [1.165, 1.54) is 13.8 Å². The zero-order chi connectivity index (χ0) is 13.7. The van der Waals surface area contributed by atoms with Crippen molar-refractivity contribution in [1.82, 2.24) is 0 Å². The molecule has 0 amide bonds. The number of carboxylic acids is 1. The van der Waals surface area contributed by atoms with E-state index in [-0.39, 0.29) is 0 Å². The van der Waals surface area contributed by atoms with E-state index < -0.39 is 23.0 Å². The summed E-state index contributed by atoms with van der Waals surface area (Å²) in [6, 6.07) is 0. The molecule has 0 aromatic carbocycles. The van der Waals surface area contributed by atoms with Gasteiger partial charge in [-0.3, -0.25) is 4.79 Å². The molecule has 1 atom stereocenters. The fraction of sp³-hybridized carbons (Fsp3) is 0.846. The minimum Gasteiger partial charge on any atom is -0.478 e. The Morgan fingerprint density at radius 3 is 2.06 bits per heavy atom. The van der Waals surface area contributed by atoms with Crippen LogP contribution in [0.3, 0.4) is 0 Å². The summed E-state index contributed by atoms with van der Waals surface area (Å²) in [5.74, 6) is -1.54. The van der Waals surface area contributed by atoms with Crippen LogP contribution in [0.5, 0.6) is 0 Å². The maximum absolute atomic E-state index is 12.0. The third kappa shape index (κ3) is 4.36. The number of esters is 1. The molecule has 0 aromatic heterocycles. The van der Waals surface area contributed by atoms with Crippen LogP contribution < -0.4 is 0 Å². The van der Waals surface area contributed by atoms with Crippen molar-refractivity contribution in [2.24, 2.45) is 5.41 Å². The minimum atomic E-state index is -1.46. The Labute approximate surface area is 103 Å². The average molecular weight is 244 g/mol. The first-order valence-electron chi connectivity index (χ1n) is 6.16. The summed E-state index contributed by atoms with van der Waals surface area (Å²) in [7, 11) is 0. The summed E-state index contributed by atoms with van der Waals surface area (Å²) in [5.41, 5.74) is -2.04. The Kier molecular flexibility index (Phi) is 5.66. The molecule has 0 aromatic rings. The number of rotatable bonds is 7. The number of hydrogen-bond donors (Lipinski definition) is 1. The molecule has 0 spiro atoms. The fourth-order valence-corrected chi connectivity index (χ4v) is 1.39. The monoisotopic (exact) mass is 244 g/mol. The molecule has 4 heteroatoms. The summed E-state index contributed by atoms with van der Waals surface area (Å²) in [4.78, 5) is 22.9. The molecular weight excluding hydrogens is 220 g/mol. The number of hydrogen-bond acceptors (Lipinski definition) is 3. The molecule has 0 aliphatic heterocycles. The molecule has 0 radical (unpaired) electrons. The van der Waals surface area contributed by atoms with E-state index in [1.54, 1.807) is 0 Å². The van der Waals surface area contributed by atoms with Crippen molar-refractivity contribution in [3.63, 3.8) is 0 Å². The third-order valence-electron chi connectivity index (χ3n) is 3.22. The predicted molar refractivity (Wildman–Crippen MR) is 65.7 cm³/mol. The van der Waals surface area contributed by atoms with Gasteiger partial charge in [0.05, 0.1) is 5.41 Å². The van der Waals surface area contributed by atoms with Gasteiger partial charge in [0.25, 0.3) is 0 Å². The number of aliphatic carboxylic acids is 1. The highest BCUT2D eigenvalue weighted by atomic mass is 16.6. The first kappa shape index (κ1) is 15.9. The fourth-order valence-electron chi connectivity index (χ4n) is 1.39. The van der Waals surface area contributed by atoms with Gasteiger partial charge in [-0.15, -0.1) is 0 Å². The average Bonchev–Trinajstić information content (AvgIpc) is 2.24. The molecule has 0 aliphatic rings. The van der Waals surface area contributed by atoms with Crippen molar-refractivity contribution in [1.29, 1.82) is 0 Å². The van der Waals surface area contributed by atoms with Crippen molar-refractivity contribution in [3.05, 3.63) is 0 Å². The van der Waals surface area contributed by atoms with Gasteiger partial charge in [0.2, 0.25) is 5.60 Å². The standard InChI is InChI=1S/C13H24O4/c1-6-8-9-13(5,7-2)11(16)17-12(3,4)10(14)15/h6-9H2,1-5H3,(H,14,15). The van der Waals surface area contributed by atoms with Crippen LogP contribution in [0.2, 0.25) is 0 Å². The maximum atomic E-state index is 12.0. The number of carbonyl (C=O) groups excluding carboxylic acids is 1. The summed E-state index contributed by atoms with van der Waals surface area (Å²) in [6.45, 7) is 8.60. The summed E-state index contributed by atoms with van der Waals surface area (Å²) < 4.78 is 5.11. The van der Waals surface area contributed by atoms with Gasteiger partial charge in [-0.1, -0.05) is 26.7 Å². The largest absolute Gasteiger partial charge is 0.478 e. The van der Waals surface area contributed by atoms with Gasteiger partial charge >= 0.3 is 11.9 Å². The lowest BCUT2D eigenvalue weighted by Gasteiger charge is -2.30. The maximum Gasteiger partial charge on any atom is 0.347 e. The van der Waals surface area contributed by atoms with Gasteiger partial charge in [-0.2, -0.15) is 0 Å². The van der Waals surface area contributed by atoms with Gasteiger partial charge < -0.3 is 9.84 Å². The molecule has 0 aliphatic carbocycles. The quantitative estimate of drug-likeness (QED) is 0.699. The Bertz CT molecular complexity index is 283. The van der Waals surface area contributed by atoms with Crippen LogP contribution in [0.1, 0.15) is 60.3 Å². The topological polar surface area (TPSA) is 63.6 Å². The van der Waals surface area contributed by atoms with Gasteiger partial charge in [0, 0.05) is 0 Å². The zero-order valence-electron chi connectivity index (χ0n) is 11.5. The van der Waals surface area contributed by atoms with Crippen molar-refractivity contribution in [2.45, 2.75) is 65.9 Å². The molecule has 0 rings (SSSR count). The Morgan fingerprint density at radius 1 is 1.18 bits per heavy atom.